The van der Waals surface area contributed by atoms with Gasteiger partial charge in [-0.3, -0.25) is 4.79 Å². The fourth-order valence-corrected chi connectivity index (χ4v) is 0.897. The molecule has 0 saturated carbocycles. The molecule has 0 unspecified atom stereocenters. The molecular formula is C9H13N3O. The number of carbonyl (C=O) groups excluding carboxylic acids is 1. The first-order valence-corrected chi connectivity index (χ1v) is 4.23. The summed E-state index contributed by atoms with van der Waals surface area (Å²) in [5, 5.41) is 3.10. The number of primary amides is 1. The molecule has 1 amide bonds. The van der Waals surface area contributed by atoms with E-state index in [9.17, 15) is 4.79 Å². The van der Waals surface area contributed by atoms with E-state index < -0.39 is 5.91 Å². The Hall–Kier alpha value is -1.58. The maximum Gasteiger partial charge on any atom is 0.250 e. The lowest BCUT2D eigenvalue weighted by Gasteiger charge is -2.02. The first-order chi connectivity index (χ1) is 6.24. The molecule has 0 aliphatic carbocycles. The highest BCUT2D eigenvalue weighted by atomic mass is 16.1. The standard InChI is InChI=1S/C9H13N3O/c1-2-5-11-8-4-3-7(6-12-8)9(10)13/h3-4,6H,2,5H2,1H3,(H2,10,13)(H,11,12). The zero-order valence-corrected chi connectivity index (χ0v) is 7.58. The lowest BCUT2D eigenvalue weighted by atomic mass is 10.3. The molecule has 70 valence electrons. The van der Waals surface area contributed by atoms with Crippen LogP contribution in [0.2, 0.25) is 0 Å². The Bertz CT molecular complexity index is 281. The van der Waals surface area contributed by atoms with Crippen LogP contribution in [0.15, 0.2) is 18.3 Å². The minimum atomic E-state index is -0.449. The molecule has 4 nitrogen and oxygen atoms in total. The summed E-state index contributed by atoms with van der Waals surface area (Å²) in [6, 6.07) is 3.41. The third-order valence-electron chi connectivity index (χ3n) is 1.60. The molecule has 0 aromatic carbocycles. The summed E-state index contributed by atoms with van der Waals surface area (Å²) in [5.74, 6) is 0.321. The van der Waals surface area contributed by atoms with E-state index in [1.165, 1.54) is 6.20 Å². The van der Waals surface area contributed by atoms with Crippen LogP contribution < -0.4 is 11.1 Å². The van der Waals surface area contributed by atoms with Gasteiger partial charge in [0.1, 0.15) is 5.82 Å². The molecule has 0 atom stereocenters. The van der Waals surface area contributed by atoms with Gasteiger partial charge in [-0.25, -0.2) is 4.98 Å². The van der Waals surface area contributed by atoms with Crippen LogP contribution in [0.3, 0.4) is 0 Å². The van der Waals surface area contributed by atoms with Gasteiger partial charge in [0.15, 0.2) is 0 Å². The maximum absolute atomic E-state index is 10.7. The Morgan fingerprint density at radius 3 is 2.85 bits per heavy atom. The number of nitrogens with zero attached hydrogens (tertiary/aromatic N) is 1. The highest BCUT2D eigenvalue weighted by molar-refractivity contribution is 5.92. The third kappa shape index (κ3) is 2.74. The van der Waals surface area contributed by atoms with Crippen LogP contribution in [0, 0.1) is 0 Å². The molecular weight excluding hydrogens is 166 g/mol. The van der Waals surface area contributed by atoms with E-state index in [1.54, 1.807) is 12.1 Å². The van der Waals surface area contributed by atoms with Crippen molar-refractivity contribution < 1.29 is 4.79 Å². The Labute approximate surface area is 77.2 Å². The van der Waals surface area contributed by atoms with E-state index in [-0.39, 0.29) is 0 Å². The monoisotopic (exact) mass is 179 g/mol. The van der Waals surface area contributed by atoms with Gasteiger partial charge in [-0.1, -0.05) is 6.92 Å². The summed E-state index contributed by atoms with van der Waals surface area (Å²) < 4.78 is 0. The van der Waals surface area contributed by atoms with Gasteiger partial charge >= 0.3 is 0 Å². The topological polar surface area (TPSA) is 68.0 Å². The largest absolute Gasteiger partial charge is 0.370 e. The fraction of sp³-hybridized carbons (Fsp3) is 0.333. The molecule has 1 heterocycles. The molecule has 1 aromatic rings. The molecule has 0 bridgehead atoms. The second kappa shape index (κ2) is 4.45. The van der Waals surface area contributed by atoms with Crippen molar-refractivity contribution in [3.05, 3.63) is 23.9 Å². The fourth-order valence-electron chi connectivity index (χ4n) is 0.897. The van der Waals surface area contributed by atoms with E-state index in [1.807, 2.05) is 0 Å². The number of carbonyl (C=O) groups is 1. The van der Waals surface area contributed by atoms with Crippen molar-refractivity contribution in [2.75, 3.05) is 11.9 Å². The maximum atomic E-state index is 10.7. The number of pyridine rings is 1. The van der Waals surface area contributed by atoms with Crippen molar-refractivity contribution in [1.29, 1.82) is 0 Å². The molecule has 3 N–H and O–H groups in total. The summed E-state index contributed by atoms with van der Waals surface area (Å²) in [7, 11) is 0. The molecule has 0 spiro atoms. The van der Waals surface area contributed by atoms with Gasteiger partial charge in [0, 0.05) is 12.7 Å². The molecule has 0 aliphatic heterocycles. The molecule has 1 rings (SSSR count). The average molecular weight is 179 g/mol. The Morgan fingerprint density at radius 2 is 2.38 bits per heavy atom. The van der Waals surface area contributed by atoms with Crippen LogP contribution >= 0.6 is 0 Å². The molecule has 0 saturated heterocycles. The number of hydrogen-bond acceptors (Lipinski definition) is 3. The average Bonchev–Trinajstić information content (AvgIpc) is 2.15. The van der Waals surface area contributed by atoms with Crippen LogP contribution in [0.25, 0.3) is 0 Å². The van der Waals surface area contributed by atoms with Gasteiger partial charge in [0.05, 0.1) is 5.56 Å². The van der Waals surface area contributed by atoms with Crippen LogP contribution in [0.4, 0.5) is 5.82 Å². The van der Waals surface area contributed by atoms with Crippen LogP contribution in [0.1, 0.15) is 23.7 Å². The van der Waals surface area contributed by atoms with Gasteiger partial charge in [0.2, 0.25) is 5.91 Å². The lowest BCUT2D eigenvalue weighted by Crippen LogP contribution is -2.11. The number of nitrogens with one attached hydrogen (secondary N) is 1. The van der Waals surface area contributed by atoms with Crippen LogP contribution in [-0.4, -0.2) is 17.4 Å². The molecule has 0 fully saturated rings. The molecule has 0 aliphatic rings. The van der Waals surface area contributed by atoms with Crippen molar-refractivity contribution in [3.63, 3.8) is 0 Å². The smallest absolute Gasteiger partial charge is 0.250 e. The van der Waals surface area contributed by atoms with Crippen LogP contribution in [0.5, 0.6) is 0 Å². The number of rotatable bonds is 4. The summed E-state index contributed by atoms with van der Waals surface area (Å²) in [6.45, 7) is 2.95. The summed E-state index contributed by atoms with van der Waals surface area (Å²) >= 11 is 0. The molecule has 13 heavy (non-hydrogen) atoms. The predicted octanol–water partition coefficient (Wildman–Crippen LogP) is 1.00. The van der Waals surface area contributed by atoms with Crippen molar-refractivity contribution in [2.24, 2.45) is 5.73 Å². The molecule has 4 heteroatoms. The highest BCUT2D eigenvalue weighted by Gasteiger charge is 1.99. The SMILES string of the molecule is CCCNc1ccc(C(N)=O)cn1. The second-order valence-corrected chi connectivity index (χ2v) is 2.72. The normalized spacial score (nSPS) is 9.62. The summed E-state index contributed by atoms with van der Waals surface area (Å²) in [5.41, 5.74) is 5.50. The van der Waals surface area contributed by atoms with Gasteiger partial charge in [0.25, 0.3) is 0 Å². The second-order valence-electron chi connectivity index (χ2n) is 2.72. The molecule has 1 aromatic heterocycles. The summed E-state index contributed by atoms with van der Waals surface area (Å²) in [4.78, 5) is 14.7. The van der Waals surface area contributed by atoms with E-state index in [0.717, 1.165) is 18.8 Å². The van der Waals surface area contributed by atoms with Gasteiger partial charge in [-0.15, -0.1) is 0 Å². The van der Waals surface area contributed by atoms with Crippen molar-refractivity contribution in [3.8, 4) is 0 Å². The zero-order valence-electron chi connectivity index (χ0n) is 7.58. The van der Waals surface area contributed by atoms with Gasteiger partial charge in [-0.2, -0.15) is 0 Å². The van der Waals surface area contributed by atoms with E-state index in [4.69, 9.17) is 5.73 Å². The van der Waals surface area contributed by atoms with E-state index in [2.05, 4.69) is 17.2 Å². The Morgan fingerprint density at radius 1 is 1.62 bits per heavy atom. The summed E-state index contributed by atoms with van der Waals surface area (Å²) in [6.07, 6.45) is 2.51. The number of anilines is 1. The van der Waals surface area contributed by atoms with E-state index >= 15 is 0 Å². The van der Waals surface area contributed by atoms with Crippen molar-refractivity contribution in [2.45, 2.75) is 13.3 Å². The van der Waals surface area contributed by atoms with Gasteiger partial charge in [-0.05, 0) is 18.6 Å². The van der Waals surface area contributed by atoms with Crippen molar-refractivity contribution in [1.82, 2.24) is 4.98 Å². The predicted molar refractivity (Wildman–Crippen MR) is 51.5 cm³/mol. The quantitative estimate of drug-likeness (QED) is 0.724. The van der Waals surface area contributed by atoms with Crippen molar-refractivity contribution >= 4 is 11.7 Å². The third-order valence-corrected chi connectivity index (χ3v) is 1.60. The number of amides is 1. The number of aromatic nitrogens is 1. The first-order valence-electron chi connectivity index (χ1n) is 4.23. The molecule has 0 radical (unpaired) electrons. The minimum Gasteiger partial charge on any atom is -0.370 e. The Kier molecular flexibility index (Phi) is 3.25. The zero-order chi connectivity index (χ0) is 9.68. The first kappa shape index (κ1) is 9.51. The lowest BCUT2D eigenvalue weighted by molar-refractivity contribution is 0.1000. The van der Waals surface area contributed by atoms with E-state index in [0.29, 0.717) is 5.56 Å². The Balaban J connectivity index is 2.64. The number of hydrogen-bond donors (Lipinski definition) is 2. The van der Waals surface area contributed by atoms with Crippen LogP contribution in [-0.2, 0) is 0 Å². The van der Waals surface area contributed by atoms with Gasteiger partial charge < -0.3 is 11.1 Å². The number of nitrogens with two attached hydrogens (primary N) is 1. The minimum absolute atomic E-state index is 0.432. The highest BCUT2D eigenvalue weighted by Crippen LogP contribution is 2.03.